The van der Waals surface area contributed by atoms with Crippen molar-refractivity contribution in [3.63, 3.8) is 0 Å². The number of likely N-dealkylation sites (tertiary alicyclic amines) is 1. The lowest BCUT2D eigenvalue weighted by atomic mass is 10.2. The molecule has 2 aromatic rings. The predicted molar refractivity (Wildman–Crippen MR) is 146 cm³/mol. The van der Waals surface area contributed by atoms with Crippen molar-refractivity contribution in [3.8, 4) is 0 Å². The number of carbonyl (C=O) groups is 4. The lowest BCUT2D eigenvalue weighted by Gasteiger charge is -2.23. The quantitative estimate of drug-likeness (QED) is 0.162. The Balaban J connectivity index is 1.71. The zero-order valence-electron chi connectivity index (χ0n) is 22.7. The number of carbonyl (C=O) groups excluding carboxylic acids is 3. The van der Waals surface area contributed by atoms with E-state index in [-0.39, 0.29) is 37.7 Å². The van der Waals surface area contributed by atoms with Crippen LogP contribution in [0.15, 0.2) is 53.5 Å². The Labute approximate surface area is 243 Å². The molecule has 2 aromatic carbocycles. The third-order valence-electron chi connectivity index (χ3n) is 6.04. The molecule has 0 bridgehead atoms. The van der Waals surface area contributed by atoms with Crippen LogP contribution in [-0.2, 0) is 27.5 Å². The number of benzene rings is 2. The highest BCUT2D eigenvalue weighted by Gasteiger charge is 2.30. The van der Waals surface area contributed by atoms with Crippen molar-refractivity contribution < 1.29 is 43.6 Å². The van der Waals surface area contributed by atoms with Gasteiger partial charge in [-0.3, -0.25) is 25.0 Å². The largest absolute Gasteiger partial charge is 0.465 e. The van der Waals surface area contributed by atoms with E-state index in [0.29, 0.717) is 17.5 Å². The highest BCUT2D eigenvalue weighted by Crippen LogP contribution is 2.15. The number of guanidine groups is 1. The molecular formula is C25H27N7O11. The van der Waals surface area contributed by atoms with Crippen LogP contribution >= 0.6 is 0 Å². The van der Waals surface area contributed by atoms with Gasteiger partial charge in [0.2, 0.25) is 11.9 Å². The average molecular weight is 602 g/mol. The van der Waals surface area contributed by atoms with Crippen LogP contribution in [0.3, 0.4) is 0 Å². The van der Waals surface area contributed by atoms with E-state index in [2.05, 4.69) is 15.6 Å². The average Bonchev–Trinajstić information content (AvgIpc) is 3.45. The summed E-state index contributed by atoms with van der Waals surface area (Å²) in [5.41, 5.74) is 0.498. The van der Waals surface area contributed by atoms with E-state index in [1.165, 1.54) is 55.6 Å². The molecule has 1 fully saturated rings. The van der Waals surface area contributed by atoms with E-state index < -0.39 is 52.6 Å². The molecule has 1 atom stereocenters. The molecule has 4 amide bonds. The maximum atomic E-state index is 13.1. The number of nitro benzene ring substituents is 2. The van der Waals surface area contributed by atoms with Gasteiger partial charge in [-0.1, -0.05) is 0 Å². The van der Waals surface area contributed by atoms with E-state index >= 15 is 0 Å². The van der Waals surface area contributed by atoms with Gasteiger partial charge in [-0.25, -0.2) is 19.3 Å². The Kier molecular flexibility index (Phi) is 10.9. The highest BCUT2D eigenvalue weighted by atomic mass is 16.6. The predicted octanol–water partition coefficient (Wildman–Crippen LogP) is 2.22. The van der Waals surface area contributed by atoms with Gasteiger partial charge in [0.25, 0.3) is 11.4 Å². The molecule has 0 spiro atoms. The van der Waals surface area contributed by atoms with Gasteiger partial charge < -0.3 is 30.1 Å². The lowest BCUT2D eigenvalue weighted by Crippen LogP contribution is -2.50. The molecule has 3 N–H and O–H groups in total. The Morgan fingerprint density at radius 3 is 1.98 bits per heavy atom. The van der Waals surface area contributed by atoms with E-state index in [1.807, 2.05) is 0 Å². The van der Waals surface area contributed by atoms with Crippen LogP contribution in [0, 0.1) is 20.2 Å². The highest BCUT2D eigenvalue weighted by molar-refractivity contribution is 6.01. The first-order valence-electron chi connectivity index (χ1n) is 12.6. The Bertz CT molecular complexity index is 1400. The first kappa shape index (κ1) is 31.7. The number of carboxylic acid groups (broad SMARTS) is 1. The fourth-order valence-corrected chi connectivity index (χ4v) is 3.86. The van der Waals surface area contributed by atoms with Crippen molar-refractivity contribution in [1.29, 1.82) is 0 Å². The number of nitrogens with one attached hydrogen (secondary N) is 2. The number of hydrogen-bond donors (Lipinski definition) is 3. The third-order valence-corrected chi connectivity index (χ3v) is 6.04. The number of ether oxygens (including phenoxy) is 2. The summed E-state index contributed by atoms with van der Waals surface area (Å²) >= 11 is 0. The third kappa shape index (κ3) is 9.37. The molecule has 228 valence electrons. The number of rotatable bonds is 9. The Hall–Kier alpha value is -5.81. The second kappa shape index (κ2) is 14.7. The van der Waals surface area contributed by atoms with E-state index in [0.717, 1.165) is 9.80 Å². The standard InChI is InChI=1S/C25H27N7O11/c1-26-22(28-23(34)42-14-16-2-6-19(7-3-16)31(38)39)30(13-21(33)27-18-10-11-29(12-18)24(35)36)25(37)43-15-17-4-8-20(9-5-17)32(40)41/h2-9,18H,10-15H2,1H3,(H,27,33)(H,35,36)(H,26,28,34)/t18-/m0/s1. The number of nitro groups is 2. The second-order valence-corrected chi connectivity index (χ2v) is 9.01. The van der Waals surface area contributed by atoms with Crippen molar-refractivity contribution >= 4 is 41.5 Å². The summed E-state index contributed by atoms with van der Waals surface area (Å²) in [5.74, 6) is -1.12. The van der Waals surface area contributed by atoms with Crippen LogP contribution < -0.4 is 10.6 Å². The number of amides is 4. The first-order chi connectivity index (χ1) is 20.5. The van der Waals surface area contributed by atoms with Gasteiger partial charge in [0.05, 0.1) is 9.85 Å². The summed E-state index contributed by atoms with van der Waals surface area (Å²) in [4.78, 5) is 75.6. The van der Waals surface area contributed by atoms with Gasteiger partial charge in [0.15, 0.2) is 0 Å². The summed E-state index contributed by atoms with van der Waals surface area (Å²) in [6, 6.07) is 9.90. The van der Waals surface area contributed by atoms with Gasteiger partial charge in [0, 0.05) is 50.4 Å². The minimum absolute atomic E-state index is 0.0492. The van der Waals surface area contributed by atoms with Crippen LogP contribution in [-0.4, -0.2) is 87.6 Å². The molecule has 1 aliphatic rings. The van der Waals surface area contributed by atoms with Crippen molar-refractivity contribution in [3.05, 3.63) is 79.9 Å². The van der Waals surface area contributed by atoms with Gasteiger partial charge in [0.1, 0.15) is 19.8 Å². The lowest BCUT2D eigenvalue weighted by molar-refractivity contribution is -0.385. The number of non-ortho nitro benzene ring substituents is 2. The van der Waals surface area contributed by atoms with Crippen LogP contribution in [0.1, 0.15) is 17.5 Å². The minimum Gasteiger partial charge on any atom is -0.465 e. The molecule has 0 aliphatic carbocycles. The molecular weight excluding hydrogens is 574 g/mol. The summed E-state index contributed by atoms with van der Waals surface area (Å²) in [5, 5.41) is 36.0. The maximum absolute atomic E-state index is 13.1. The van der Waals surface area contributed by atoms with Crippen LogP contribution in [0.25, 0.3) is 0 Å². The van der Waals surface area contributed by atoms with Gasteiger partial charge in [-0.05, 0) is 41.8 Å². The minimum atomic E-state index is -1.16. The van der Waals surface area contributed by atoms with Gasteiger partial charge in [-0.2, -0.15) is 0 Å². The Morgan fingerprint density at radius 2 is 1.51 bits per heavy atom. The first-order valence-corrected chi connectivity index (χ1v) is 12.6. The summed E-state index contributed by atoms with van der Waals surface area (Å²) in [6.45, 7) is -1.06. The van der Waals surface area contributed by atoms with E-state index in [1.54, 1.807) is 0 Å². The molecule has 0 unspecified atom stereocenters. The molecule has 18 heteroatoms. The summed E-state index contributed by atoms with van der Waals surface area (Å²) in [7, 11) is 1.32. The number of nitrogens with zero attached hydrogens (tertiary/aromatic N) is 5. The van der Waals surface area contributed by atoms with Gasteiger partial charge >= 0.3 is 18.3 Å². The topological polar surface area (TPSA) is 236 Å². The fraction of sp³-hybridized carbons (Fsp3) is 0.320. The second-order valence-electron chi connectivity index (χ2n) is 9.01. The monoisotopic (exact) mass is 601 g/mol. The van der Waals surface area contributed by atoms with E-state index in [9.17, 15) is 39.4 Å². The molecule has 1 saturated heterocycles. The molecule has 0 aromatic heterocycles. The zero-order valence-corrected chi connectivity index (χ0v) is 22.7. The molecule has 1 aliphatic heterocycles. The number of aliphatic imine (C=N–C) groups is 1. The zero-order chi connectivity index (χ0) is 31.5. The molecule has 3 rings (SSSR count). The van der Waals surface area contributed by atoms with Crippen LogP contribution in [0.5, 0.6) is 0 Å². The summed E-state index contributed by atoms with van der Waals surface area (Å²) < 4.78 is 10.3. The fourth-order valence-electron chi connectivity index (χ4n) is 3.86. The molecule has 18 nitrogen and oxygen atoms in total. The van der Waals surface area contributed by atoms with Crippen LogP contribution in [0.2, 0.25) is 0 Å². The number of hydrogen-bond acceptors (Lipinski definition) is 10. The maximum Gasteiger partial charge on any atom is 0.437 e. The Morgan fingerprint density at radius 1 is 0.977 bits per heavy atom. The van der Waals surface area contributed by atoms with E-state index in [4.69, 9.17) is 14.6 Å². The smallest absolute Gasteiger partial charge is 0.437 e. The van der Waals surface area contributed by atoms with Crippen LogP contribution in [0.4, 0.5) is 25.8 Å². The van der Waals surface area contributed by atoms with Crippen molar-refractivity contribution in [2.24, 2.45) is 4.99 Å². The molecule has 43 heavy (non-hydrogen) atoms. The molecule has 0 saturated carbocycles. The normalized spacial score (nSPS) is 14.4. The summed E-state index contributed by atoms with van der Waals surface area (Å²) in [6.07, 6.45) is -3.05. The molecule has 1 heterocycles. The van der Waals surface area contributed by atoms with Crippen molar-refractivity contribution in [2.45, 2.75) is 25.7 Å². The van der Waals surface area contributed by atoms with Crippen molar-refractivity contribution in [1.82, 2.24) is 20.4 Å². The van der Waals surface area contributed by atoms with Gasteiger partial charge in [-0.15, -0.1) is 4.99 Å². The SMILES string of the molecule is CNC(=NC(=O)OCc1ccc([N+](=O)[O-])cc1)N(CC(=O)N[C@H]1CCN(C(=O)O)C1)C(=O)OCc1ccc([N+](=O)[O-])cc1. The van der Waals surface area contributed by atoms with Crippen molar-refractivity contribution in [2.75, 3.05) is 26.7 Å². The molecule has 0 radical (unpaired) electrons.